The van der Waals surface area contributed by atoms with Crippen molar-refractivity contribution in [2.75, 3.05) is 18.4 Å². The number of piperidine rings is 1. The molecule has 0 aromatic heterocycles. The first-order valence-electron chi connectivity index (χ1n) is 7.78. The third-order valence-corrected chi connectivity index (χ3v) is 3.96. The van der Waals surface area contributed by atoms with Crippen molar-refractivity contribution >= 4 is 17.5 Å². The highest BCUT2D eigenvalue weighted by Crippen LogP contribution is 2.28. The van der Waals surface area contributed by atoms with Gasteiger partial charge >= 0.3 is 0 Å². The summed E-state index contributed by atoms with van der Waals surface area (Å²) in [6.45, 7) is 6.48. The number of nitrogens with zero attached hydrogens (tertiary/aromatic N) is 1. The maximum atomic E-state index is 13.7. The third kappa shape index (κ3) is 4.00. The van der Waals surface area contributed by atoms with Crippen molar-refractivity contribution in [3.05, 3.63) is 24.0 Å². The van der Waals surface area contributed by atoms with Gasteiger partial charge in [0, 0.05) is 18.5 Å². The number of para-hydroxylation sites is 1. The van der Waals surface area contributed by atoms with Crippen LogP contribution in [0.3, 0.4) is 0 Å². The Morgan fingerprint density at radius 3 is 2.65 bits per heavy atom. The molecule has 2 N–H and O–H groups in total. The number of hydrogen-bond acceptors (Lipinski definition) is 3. The van der Waals surface area contributed by atoms with Crippen molar-refractivity contribution in [1.29, 1.82) is 0 Å². The molecule has 1 heterocycles. The van der Waals surface area contributed by atoms with Crippen LogP contribution >= 0.6 is 0 Å². The molecule has 1 aliphatic rings. The van der Waals surface area contributed by atoms with Crippen molar-refractivity contribution in [3.63, 3.8) is 0 Å². The normalized spacial score (nSPS) is 18.6. The van der Waals surface area contributed by atoms with Crippen LogP contribution in [0.4, 0.5) is 10.1 Å². The molecule has 0 bridgehead atoms. The fraction of sp³-hybridized carbons (Fsp3) is 0.529. The van der Waals surface area contributed by atoms with Gasteiger partial charge in [0.25, 0.3) is 0 Å². The highest BCUT2D eigenvalue weighted by Gasteiger charge is 2.33. The zero-order chi connectivity index (χ0) is 17.2. The Balaban J connectivity index is 2.07. The van der Waals surface area contributed by atoms with Crippen LogP contribution in [0.25, 0.3) is 0 Å². The van der Waals surface area contributed by atoms with Gasteiger partial charge in [0.05, 0.1) is 5.92 Å². The van der Waals surface area contributed by atoms with E-state index >= 15 is 0 Å². The fourth-order valence-corrected chi connectivity index (χ4v) is 2.71. The van der Waals surface area contributed by atoms with E-state index in [-0.39, 0.29) is 23.3 Å². The van der Waals surface area contributed by atoms with E-state index in [4.69, 9.17) is 0 Å². The zero-order valence-corrected chi connectivity index (χ0v) is 13.7. The summed E-state index contributed by atoms with van der Waals surface area (Å²) in [5, 5.41) is 12.1. The molecule has 0 aliphatic carbocycles. The Hall–Kier alpha value is -2.11. The van der Waals surface area contributed by atoms with Gasteiger partial charge in [0.1, 0.15) is 11.4 Å². The smallest absolute Gasteiger partial charge is 0.229 e. The second kappa shape index (κ2) is 6.56. The number of aromatic hydroxyl groups is 1. The number of anilines is 1. The molecule has 1 fully saturated rings. The van der Waals surface area contributed by atoms with Crippen LogP contribution < -0.4 is 5.32 Å². The molecule has 1 aromatic rings. The minimum atomic E-state index is -0.684. The molecule has 23 heavy (non-hydrogen) atoms. The zero-order valence-electron chi connectivity index (χ0n) is 13.7. The topological polar surface area (TPSA) is 69.6 Å². The number of phenols is 1. The van der Waals surface area contributed by atoms with Crippen LogP contribution in [0.1, 0.15) is 33.6 Å². The van der Waals surface area contributed by atoms with E-state index < -0.39 is 17.2 Å². The molecule has 2 amide bonds. The van der Waals surface area contributed by atoms with E-state index in [0.717, 1.165) is 6.42 Å². The molecule has 5 nitrogen and oxygen atoms in total. The van der Waals surface area contributed by atoms with E-state index in [0.29, 0.717) is 19.5 Å². The lowest BCUT2D eigenvalue weighted by Gasteiger charge is -2.35. The molecular weight excluding hydrogens is 299 g/mol. The van der Waals surface area contributed by atoms with Crippen LogP contribution in [-0.4, -0.2) is 34.9 Å². The Kier molecular flexibility index (Phi) is 4.92. The summed E-state index contributed by atoms with van der Waals surface area (Å²) in [7, 11) is 0. The van der Waals surface area contributed by atoms with E-state index in [1.165, 1.54) is 18.2 Å². The molecule has 2 rings (SSSR count). The standard InChI is InChI=1S/C17H23FN2O3/c1-17(2,3)16(23)20-9-5-6-11(10-20)15(22)19-14-12(18)7-4-8-13(14)21/h4,7-8,11,21H,5-6,9-10H2,1-3H3,(H,19,22). The van der Waals surface area contributed by atoms with Gasteiger partial charge < -0.3 is 15.3 Å². The minimum Gasteiger partial charge on any atom is -0.506 e. The predicted octanol–water partition coefficient (Wildman–Crippen LogP) is 2.75. The second-order valence-electron chi connectivity index (χ2n) is 6.96. The molecule has 126 valence electrons. The molecule has 6 heteroatoms. The number of hydrogen-bond donors (Lipinski definition) is 2. The average Bonchev–Trinajstić information content (AvgIpc) is 2.49. The monoisotopic (exact) mass is 322 g/mol. The van der Waals surface area contributed by atoms with E-state index in [2.05, 4.69) is 5.32 Å². The summed E-state index contributed by atoms with van der Waals surface area (Å²) in [5.74, 6) is -1.77. The molecule has 0 spiro atoms. The molecule has 1 aromatic carbocycles. The van der Waals surface area contributed by atoms with Crippen LogP contribution in [0.5, 0.6) is 5.75 Å². The highest BCUT2D eigenvalue weighted by atomic mass is 19.1. The summed E-state index contributed by atoms with van der Waals surface area (Å²) < 4.78 is 13.7. The van der Waals surface area contributed by atoms with Crippen LogP contribution in [0.15, 0.2) is 18.2 Å². The van der Waals surface area contributed by atoms with Crippen molar-refractivity contribution in [2.45, 2.75) is 33.6 Å². The number of amides is 2. The number of phenolic OH excluding ortho intramolecular Hbond substituents is 1. The number of likely N-dealkylation sites (tertiary alicyclic amines) is 1. The van der Waals surface area contributed by atoms with Gasteiger partial charge in [-0.3, -0.25) is 9.59 Å². The Bertz CT molecular complexity index is 590. The predicted molar refractivity (Wildman–Crippen MR) is 85.5 cm³/mol. The number of carbonyl (C=O) groups is 2. The molecule has 1 aliphatic heterocycles. The van der Waals surface area contributed by atoms with Crippen molar-refractivity contribution in [1.82, 2.24) is 4.90 Å². The number of carbonyl (C=O) groups excluding carboxylic acids is 2. The van der Waals surface area contributed by atoms with Crippen LogP contribution in [0.2, 0.25) is 0 Å². The quantitative estimate of drug-likeness (QED) is 0.823. The molecule has 1 saturated heterocycles. The SMILES string of the molecule is CC(C)(C)C(=O)N1CCCC(C(=O)Nc2c(O)cccc2F)C1. The summed E-state index contributed by atoms with van der Waals surface area (Å²) in [6.07, 6.45) is 1.36. The summed E-state index contributed by atoms with van der Waals surface area (Å²) >= 11 is 0. The lowest BCUT2D eigenvalue weighted by molar-refractivity contribution is -0.142. The van der Waals surface area contributed by atoms with Gasteiger partial charge in [-0.15, -0.1) is 0 Å². The lowest BCUT2D eigenvalue weighted by Crippen LogP contribution is -2.47. The second-order valence-corrected chi connectivity index (χ2v) is 6.96. The number of nitrogens with one attached hydrogen (secondary N) is 1. The maximum absolute atomic E-state index is 13.7. The summed E-state index contributed by atoms with van der Waals surface area (Å²) in [6, 6.07) is 3.85. The Morgan fingerprint density at radius 2 is 2.04 bits per heavy atom. The number of halogens is 1. The molecule has 0 radical (unpaired) electrons. The first-order chi connectivity index (χ1) is 10.7. The molecule has 0 saturated carbocycles. The average molecular weight is 322 g/mol. The summed E-state index contributed by atoms with van der Waals surface area (Å²) in [5.41, 5.74) is -0.709. The first-order valence-corrected chi connectivity index (χ1v) is 7.78. The molecule has 1 unspecified atom stereocenters. The van der Waals surface area contributed by atoms with Crippen molar-refractivity contribution < 1.29 is 19.1 Å². The van der Waals surface area contributed by atoms with Gasteiger partial charge in [-0.2, -0.15) is 0 Å². The van der Waals surface area contributed by atoms with E-state index in [1.807, 2.05) is 20.8 Å². The molecular formula is C17H23FN2O3. The summed E-state index contributed by atoms with van der Waals surface area (Å²) in [4.78, 5) is 26.4. The fourth-order valence-electron chi connectivity index (χ4n) is 2.71. The van der Waals surface area contributed by atoms with Gasteiger partial charge in [0.2, 0.25) is 11.8 Å². The maximum Gasteiger partial charge on any atom is 0.229 e. The number of rotatable bonds is 2. The van der Waals surface area contributed by atoms with E-state index in [9.17, 15) is 19.1 Å². The van der Waals surface area contributed by atoms with Gasteiger partial charge in [0.15, 0.2) is 5.82 Å². The largest absolute Gasteiger partial charge is 0.506 e. The Morgan fingerprint density at radius 1 is 1.35 bits per heavy atom. The van der Waals surface area contributed by atoms with Gasteiger partial charge in [-0.1, -0.05) is 26.8 Å². The van der Waals surface area contributed by atoms with E-state index in [1.54, 1.807) is 4.90 Å². The Labute approximate surface area is 135 Å². The third-order valence-electron chi connectivity index (χ3n) is 3.96. The lowest BCUT2D eigenvalue weighted by atomic mass is 9.91. The minimum absolute atomic E-state index is 0.00346. The first kappa shape index (κ1) is 17.2. The van der Waals surface area contributed by atoms with Gasteiger partial charge in [-0.05, 0) is 25.0 Å². The van der Waals surface area contributed by atoms with Crippen LogP contribution in [0, 0.1) is 17.2 Å². The number of benzene rings is 1. The van der Waals surface area contributed by atoms with Gasteiger partial charge in [-0.25, -0.2) is 4.39 Å². The van der Waals surface area contributed by atoms with Crippen molar-refractivity contribution in [3.8, 4) is 5.75 Å². The van der Waals surface area contributed by atoms with Crippen LogP contribution in [-0.2, 0) is 9.59 Å². The highest BCUT2D eigenvalue weighted by molar-refractivity contribution is 5.94. The molecule has 1 atom stereocenters. The van der Waals surface area contributed by atoms with Crippen molar-refractivity contribution in [2.24, 2.45) is 11.3 Å².